The molecule has 2 heterocycles. The third-order valence-corrected chi connectivity index (χ3v) is 4.48. The average molecular weight is 376 g/mol. The molecule has 1 aliphatic heterocycles. The van der Waals surface area contributed by atoms with E-state index in [-0.39, 0.29) is 5.92 Å². The van der Waals surface area contributed by atoms with Gasteiger partial charge in [0.2, 0.25) is 6.79 Å². The molecule has 1 fully saturated rings. The summed E-state index contributed by atoms with van der Waals surface area (Å²) in [4.78, 5) is 26.3. The SMILES string of the molecule is COc1ccc2c(CCN(C)C)cn(C(=O)OCOC(=O)C3COC3)c2c1. The minimum atomic E-state index is -0.609. The Morgan fingerprint density at radius 3 is 2.67 bits per heavy atom. The molecular formula is C19H24N2O6. The van der Waals surface area contributed by atoms with Gasteiger partial charge in [-0.15, -0.1) is 0 Å². The van der Waals surface area contributed by atoms with Crippen LogP contribution in [0.3, 0.4) is 0 Å². The fourth-order valence-electron chi connectivity index (χ4n) is 2.80. The van der Waals surface area contributed by atoms with Gasteiger partial charge in [-0.1, -0.05) is 0 Å². The molecule has 3 rings (SSSR count). The summed E-state index contributed by atoms with van der Waals surface area (Å²) in [5.41, 5.74) is 1.72. The summed E-state index contributed by atoms with van der Waals surface area (Å²) in [6.07, 6.45) is 1.94. The third-order valence-electron chi connectivity index (χ3n) is 4.48. The van der Waals surface area contributed by atoms with Gasteiger partial charge in [-0.3, -0.25) is 9.36 Å². The second-order valence-corrected chi connectivity index (χ2v) is 6.69. The van der Waals surface area contributed by atoms with E-state index in [1.54, 1.807) is 19.4 Å². The Kier molecular flexibility index (Phi) is 5.98. The molecule has 0 unspecified atom stereocenters. The Morgan fingerprint density at radius 2 is 2.04 bits per heavy atom. The Morgan fingerprint density at radius 1 is 1.26 bits per heavy atom. The van der Waals surface area contributed by atoms with Gasteiger partial charge in [-0.05, 0) is 38.2 Å². The first-order valence-electron chi connectivity index (χ1n) is 8.74. The smallest absolute Gasteiger partial charge is 0.421 e. The largest absolute Gasteiger partial charge is 0.497 e. The molecule has 1 saturated heterocycles. The normalized spacial score (nSPS) is 14.2. The fraction of sp³-hybridized carbons (Fsp3) is 0.474. The van der Waals surface area contributed by atoms with Crippen LogP contribution in [0.15, 0.2) is 24.4 Å². The lowest BCUT2D eigenvalue weighted by atomic mass is 10.1. The lowest BCUT2D eigenvalue weighted by Gasteiger charge is -2.23. The second kappa shape index (κ2) is 8.41. The Labute approximate surface area is 157 Å². The Bertz CT molecular complexity index is 825. The lowest BCUT2D eigenvalue weighted by Crippen LogP contribution is -2.36. The number of nitrogens with zero attached hydrogens (tertiary/aromatic N) is 2. The number of hydrogen-bond acceptors (Lipinski definition) is 7. The highest BCUT2D eigenvalue weighted by molar-refractivity contribution is 5.92. The first kappa shape index (κ1) is 19.2. The number of carbonyl (C=O) groups excluding carboxylic acids is 2. The molecule has 1 aromatic heterocycles. The van der Waals surface area contributed by atoms with E-state index in [0.717, 1.165) is 23.9 Å². The van der Waals surface area contributed by atoms with Crippen LogP contribution in [0.2, 0.25) is 0 Å². The Balaban J connectivity index is 1.74. The molecule has 0 saturated carbocycles. The molecule has 0 aliphatic carbocycles. The van der Waals surface area contributed by atoms with E-state index in [0.29, 0.717) is 24.5 Å². The summed E-state index contributed by atoms with van der Waals surface area (Å²) in [5.74, 6) is -0.0389. The van der Waals surface area contributed by atoms with Crippen molar-refractivity contribution in [3.8, 4) is 5.75 Å². The maximum absolute atomic E-state index is 12.5. The van der Waals surface area contributed by atoms with E-state index in [1.165, 1.54) is 4.57 Å². The first-order valence-corrected chi connectivity index (χ1v) is 8.74. The van der Waals surface area contributed by atoms with Gasteiger partial charge in [-0.25, -0.2) is 4.79 Å². The van der Waals surface area contributed by atoms with E-state index < -0.39 is 18.9 Å². The number of hydrogen-bond donors (Lipinski definition) is 0. The topological polar surface area (TPSA) is 79.2 Å². The molecule has 146 valence electrons. The van der Waals surface area contributed by atoms with Crippen LogP contribution >= 0.6 is 0 Å². The highest BCUT2D eigenvalue weighted by Gasteiger charge is 2.28. The highest BCUT2D eigenvalue weighted by Crippen LogP contribution is 2.26. The predicted octanol–water partition coefficient (Wildman–Crippen LogP) is 1.89. The van der Waals surface area contributed by atoms with Crippen molar-refractivity contribution in [2.75, 3.05) is 47.8 Å². The van der Waals surface area contributed by atoms with Gasteiger partial charge in [0.1, 0.15) is 11.7 Å². The highest BCUT2D eigenvalue weighted by atomic mass is 16.7. The van der Waals surface area contributed by atoms with Crippen molar-refractivity contribution in [3.63, 3.8) is 0 Å². The number of esters is 1. The molecule has 1 aromatic carbocycles. The van der Waals surface area contributed by atoms with Gasteiger partial charge in [0.25, 0.3) is 0 Å². The first-order chi connectivity index (χ1) is 13.0. The number of rotatable bonds is 7. The number of fused-ring (bicyclic) bond motifs is 1. The van der Waals surface area contributed by atoms with Crippen LogP contribution < -0.4 is 4.74 Å². The van der Waals surface area contributed by atoms with E-state index >= 15 is 0 Å². The molecular weight excluding hydrogens is 352 g/mol. The number of likely N-dealkylation sites (N-methyl/N-ethyl adjacent to an activating group) is 1. The van der Waals surface area contributed by atoms with Gasteiger partial charge in [0, 0.05) is 24.2 Å². The van der Waals surface area contributed by atoms with Crippen LogP contribution in [-0.2, 0) is 25.4 Å². The maximum Gasteiger partial charge on any atom is 0.421 e. The van der Waals surface area contributed by atoms with Crippen molar-refractivity contribution < 1.29 is 28.5 Å². The zero-order valence-corrected chi connectivity index (χ0v) is 15.8. The molecule has 0 N–H and O–H groups in total. The molecule has 27 heavy (non-hydrogen) atoms. The van der Waals surface area contributed by atoms with Crippen molar-refractivity contribution in [1.82, 2.24) is 9.47 Å². The summed E-state index contributed by atoms with van der Waals surface area (Å²) in [6.45, 7) is 1.13. The molecule has 2 aromatic rings. The van der Waals surface area contributed by atoms with E-state index in [4.69, 9.17) is 18.9 Å². The fourth-order valence-corrected chi connectivity index (χ4v) is 2.80. The van der Waals surface area contributed by atoms with E-state index in [1.807, 2.05) is 26.2 Å². The number of benzene rings is 1. The average Bonchev–Trinajstić information content (AvgIpc) is 2.96. The summed E-state index contributed by atoms with van der Waals surface area (Å²) in [5, 5.41) is 0.957. The molecule has 0 amide bonds. The van der Waals surface area contributed by atoms with Gasteiger partial charge < -0.3 is 23.8 Å². The zero-order chi connectivity index (χ0) is 19.4. The van der Waals surface area contributed by atoms with Crippen molar-refractivity contribution in [2.24, 2.45) is 5.92 Å². The van der Waals surface area contributed by atoms with Crippen molar-refractivity contribution in [1.29, 1.82) is 0 Å². The van der Waals surface area contributed by atoms with Crippen LogP contribution in [0.1, 0.15) is 5.56 Å². The third kappa shape index (κ3) is 4.40. The van der Waals surface area contributed by atoms with Gasteiger partial charge in [0.15, 0.2) is 0 Å². The number of carbonyl (C=O) groups is 2. The standard InChI is InChI=1S/C19H24N2O6/c1-20(2)7-6-13-9-21(17-8-15(24-3)4-5-16(13)17)19(23)27-12-26-18(22)14-10-25-11-14/h4-5,8-9,14H,6-7,10-12H2,1-3H3. The van der Waals surface area contributed by atoms with Crippen molar-refractivity contribution >= 4 is 23.0 Å². The van der Waals surface area contributed by atoms with Crippen LogP contribution in [0.4, 0.5) is 4.79 Å². The molecule has 0 radical (unpaired) electrons. The number of ether oxygens (including phenoxy) is 4. The minimum Gasteiger partial charge on any atom is -0.497 e. The van der Waals surface area contributed by atoms with Crippen LogP contribution in [-0.4, -0.2) is 69.3 Å². The number of aromatic nitrogens is 1. The van der Waals surface area contributed by atoms with Crippen LogP contribution in [0.5, 0.6) is 5.75 Å². The second-order valence-electron chi connectivity index (χ2n) is 6.69. The predicted molar refractivity (Wildman–Crippen MR) is 97.9 cm³/mol. The Hall–Kier alpha value is -2.58. The summed E-state index contributed by atoms with van der Waals surface area (Å²) >= 11 is 0. The molecule has 0 spiro atoms. The summed E-state index contributed by atoms with van der Waals surface area (Å²) in [6, 6.07) is 5.58. The van der Waals surface area contributed by atoms with Crippen molar-refractivity contribution in [3.05, 3.63) is 30.0 Å². The molecule has 8 heteroatoms. The quantitative estimate of drug-likeness (QED) is 0.539. The van der Waals surface area contributed by atoms with E-state index in [9.17, 15) is 9.59 Å². The molecule has 0 atom stereocenters. The lowest BCUT2D eigenvalue weighted by molar-refractivity contribution is -0.171. The zero-order valence-electron chi connectivity index (χ0n) is 15.8. The van der Waals surface area contributed by atoms with Crippen LogP contribution in [0.25, 0.3) is 10.9 Å². The minimum absolute atomic E-state index is 0.266. The monoisotopic (exact) mass is 376 g/mol. The molecule has 1 aliphatic rings. The van der Waals surface area contributed by atoms with Crippen LogP contribution in [0, 0.1) is 5.92 Å². The van der Waals surface area contributed by atoms with Crippen molar-refractivity contribution in [2.45, 2.75) is 6.42 Å². The van der Waals surface area contributed by atoms with E-state index in [2.05, 4.69) is 4.90 Å². The van der Waals surface area contributed by atoms with Gasteiger partial charge in [0.05, 0.1) is 25.8 Å². The molecule has 0 bridgehead atoms. The summed E-state index contributed by atoms with van der Waals surface area (Å²) < 4.78 is 21.7. The van der Waals surface area contributed by atoms with Gasteiger partial charge >= 0.3 is 12.1 Å². The summed E-state index contributed by atoms with van der Waals surface area (Å²) in [7, 11) is 5.57. The van der Waals surface area contributed by atoms with Gasteiger partial charge in [-0.2, -0.15) is 0 Å². The number of methoxy groups -OCH3 is 1. The molecule has 8 nitrogen and oxygen atoms in total. The maximum atomic E-state index is 12.5.